The summed E-state index contributed by atoms with van der Waals surface area (Å²) in [5.41, 5.74) is 0.756. The lowest BCUT2D eigenvalue weighted by Crippen LogP contribution is -2.50. The fourth-order valence-corrected chi connectivity index (χ4v) is 5.82. The molecule has 4 aliphatic rings. The summed E-state index contributed by atoms with van der Waals surface area (Å²) in [5.74, 6) is 2.43. The molecule has 4 aliphatic carbocycles. The second-order valence-electron chi connectivity index (χ2n) is 7.93. The van der Waals surface area contributed by atoms with Crippen LogP contribution in [0, 0.1) is 29.0 Å². The summed E-state index contributed by atoms with van der Waals surface area (Å²) in [4.78, 5) is 12.9. The fourth-order valence-electron chi connectivity index (χ4n) is 5.64. The normalized spacial score (nSPS) is 34.6. The Kier molecular flexibility index (Phi) is 3.87. The summed E-state index contributed by atoms with van der Waals surface area (Å²) in [6.45, 7) is 0.600. The molecule has 0 atom stereocenters. The maximum absolute atomic E-state index is 13.2. The molecule has 2 nitrogen and oxygen atoms in total. The Morgan fingerprint density at radius 1 is 1.17 bits per heavy atom. The van der Waals surface area contributed by atoms with Crippen molar-refractivity contribution in [2.24, 2.45) is 23.2 Å². The topological polar surface area (TPSA) is 29.1 Å². The van der Waals surface area contributed by atoms with Gasteiger partial charge >= 0.3 is 0 Å². The van der Waals surface area contributed by atoms with Crippen LogP contribution in [0.5, 0.6) is 0 Å². The highest BCUT2D eigenvalue weighted by atomic mass is 35.5. The molecule has 1 aromatic rings. The number of rotatable bonds is 5. The average Bonchev–Trinajstić information content (AvgIpc) is 2.49. The van der Waals surface area contributed by atoms with Crippen LogP contribution in [0.1, 0.15) is 44.9 Å². The number of hydrogen-bond acceptors (Lipinski definition) is 2. The first-order chi connectivity index (χ1) is 11.0. The molecule has 0 aromatic heterocycles. The molecule has 0 saturated heterocycles. The van der Waals surface area contributed by atoms with E-state index in [1.807, 2.05) is 0 Å². The van der Waals surface area contributed by atoms with Gasteiger partial charge in [-0.1, -0.05) is 11.6 Å². The van der Waals surface area contributed by atoms with Crippen molar-refractivity contribution in [3.63, 3.8) is 0 Å². The van der Waals surface area contributed by atoms with Gasteiger partial charge in [0.1, 0.15) is 11.6 Å². The van der Waals surface area contributed by atoms with E-state index in [1.165, 1.54) is 25.3 Å². The van der Waals surface area contributed by atoms with Gasteiger partial charge in [-0.2, -0.15) is 0 Å². The predicted octanol–water partition coefficient (Wildman–Crippen LogP) is 5.07. The van der Waals surface area contributed by atoms with Crippen molar-refractivity contribution in [3.8, 4) is 0 Å². The Labute approximate surface area is 141 Å². The highest BCUT2D eigenvalue weighted by Crippen LogP contribution is 2.60. The lowest BCUT2D eigenvalue weighted by molar-refractivity contribution is -0.143. The van der Waals surface area contributed by atoms with E-state index >= 15 is 0 Å². The summed E-state index contributed by atoms with van der Waals surface area (Å²) < 4.78 is 13.2. The quantitative estimate of drug-likeness (QED) is 0.814. The molecule has 1 aromatic carbocycles. The summed E-state index contributed by atoms with van der Waals surface area (Å²) in [6, 6.07) is 4.59. The summed E-state index contributed by atoms with van der Waals surface area (Å²) in [6.07, 6.45) is 8.01. The number of halogens is 2. The molecular formula is C19H23ClFNO. The SMILES string of the molecule is O=C(CCNc1ccc(F)c(Cl)c1)C12CC3CC(CC(C3)C1)C2. The van der Waals surface area contributed by atoms with Gasteiger partial charge < -0.3 is 5.32 Å². The Morgan fingerprint density at radius 3 is 2.35 bits per heavy atom. The average molecular weight is 336 g/mol. The van der Waals surface area contributed by atoms with Gasteiger partial charge in [-0.05, 0) is 74.5 Å². The van der Waals surface area contributed by atoms with Crippen LogP contribution in [0.3, 0.4) is 0 Å². The van der Waals surface area contributed by atoms with Crippen molar-refractivity contribution in [3.05, 3.63) is 29.0 Å². The van der Waals surface area contributed by atoms with Crippen LogP contribution in [-0.4, -0.2) is 12.3 Å². The fraction of sp³-hybridized carbons (Fsp3) is 0.632. The molecule has 1 N–H and O–H groups in total. The van der Waals surface area contributed by atoms with Gasteiger partial charge in [-0.25, -0.2) is 4.39 Å². The van der Waals surface area contributed by atoms with E-state index < -0.39 is 5.82 Å². The third-order valence-electron chi connectivity index (χ3n) is 6.23. The van der Waals surface area contributed by atoms with Crippen LogP contribution in [0.2, 0.25) is 5.02 Å². The molecule has 124 valence electrons. The lowest BCUT2D eigenvalue weighted by atomic mass is 9.48. The van der Waals surface area contributed by atoms with Gasteiger partial charge in [0.15, 0.2) is 0 Å². The van der Waals surface area contributed by atoms with E-state index in [0.29, 0.717) is 18.7 Å². The minimum Gasteiger partial charge on any atom is -0.385 e. The van der Waals surface area contributed by atoms with Crippen molar-refractivity contribution in [1.29, 1.82) is 0 Å². The molecular weight excluding hydrogens is 313 g/mol. The highest BCUT2D eigenvalue weighted by Gasteiger charge is 2.53. The van der Waals surface area contributed by atoms with Gasteiger partial charge in [0.05, 0.1) is 5.02 Å². The summed E-state index contributed by atoms with van der Waals surface area (Å²) in [5, 5.41) is 3.32. The molecule has 4 fully saturated rings. The van der Waals surface area contributed by atoms with E-state index in [2.05, 4.69) is 5.32 Å². The van der Waals surface area contributed by atoms with E-state index in [0.717, 1.165) is 42.7 Å². The van der Waals surface area contributed by atoms with E-state index in [4.69, 9.17) is 11.6 Å². The first kappa shape index (κ1) is 15.4. The summed E-state index contributed by atoms with van der Waals surface area (Å²) in [7, 11) is 0. The number of Topliss-reactive ketones (excluding diaryl/α,β-unsaturated/α-hetero) is 1. The van der Waals surface area contributed by atoms with Crippen molar-refractivity contribution >= 4 is 23.1 Å². The monoisotopic (exact) mass is 335 g/mol. The zero-order valence-electron chi connectivity index (χ0n) is 13.3. The molecule has 4 saturated carbocycles. The molecule has 4 heteroatoms. The molecule has 0 spiro atoms. The van der Waals surface area contributed by atoms with Gasteiger partial charge in [0.2, 0.25) is 0 Å². The van der Waals surface area contributed by atoms with E-state index in [9.17, 15) is 9.18 Å². The zero-order valence-corrected chi connectivity index (χ0v) is 14.0. The van der Waals surface area contributed by atoms with Crippen LogP contribution in [0.15, 0.2) is 18.2 Å². The number of carbonyl (C=O) groups is 1. The zero-order chi connectivity index (χ0) is 16.0. The maximum atomic E-state index is 13.2. The molecule has 4 bridgehead atoms. The standard InChI is InChI=1S/C19H23ClFNO/c20-16-8-15(1-2-17(16)21)22-4-3-18(23)19-9-12-5-13(10-19)7-14(6-12)11-19/h1-2,8,12-14,22H,3-7,9-11H2. The van der Waals surface area contributed by atoms with E-state index in [1.54, 1.807) is 12.1 Å². The van der Waals surface area contributed by atoms with Gasteiger partial charge in [-0.15, -0.1) is 0 Å². The number of anilines is 1. The van der Waals surface area contributed by atoms with Crippen molar-refractivity contribution in [2.45, 2.75) is 44.9 Å². The highest BCUT2D eigenvalue weighted by molar-refractivity contribution is 6.31. The molecule has 5 rings (SSSR count). The summed E-state index contributed by atoms with van der Waals surface area (Å²) >= 11 is 5.78. The smallest absolute Gasteiger partial charge is 0.141 e. The van der Waals surface area contributed by atoms with Crippen molar-refractivity contribution in [1.82, 2.24) is 0 Å². The maximum Gasteiger partial charge on any atom is 0.141 e. The third kappa shape index (κ3) is 2.88. The first-order valence-electron chi connectivity index (χ1n) is 8.76. The van der Waals surface area contributed by atoms with Gasteiger partial charge in [0.25, 0.3) is 0 Å². The minimum absolute atomic E-state index is 0.0170. The Hall–Kier alpha value is -1.09. The molecule has 0 heterocycles. The molecule has 23 heavy (non-hydrogen) atoms. The molecule has 0 radical (unpaired) electrons. The molecule has 0 unspecified atom stereocenters. The molecule has 0 aliphatic heterocycles. The number of ketones is 1. The predicted molar refractivity (Wildman–Crippen MR) is 90.1 cm³/mol. The number of nitrogens with one attached hydrogen (secondary N) is 1. The van der Waals surface area contributed by atoms with Crippen LogP contribution >= 0.6 is 11.6 Å². The number of carbonyl (C=O) groups excluding carboxylic acids is 1. The number of benzene rings is 1. The minimum atomic E-state index is -0.415. The Balaban J connectivity index is 1.36. The van der Waals surface area contributed by atoms with Crippen LogP contribution < -0.4 is 5.32 Å². The van der Waals surface area contributed by atoms with Crippen LogP contribution in [0.4, 0.5) is 10.1 Å². The second kappa shape index (κ2) is 5.77. The van der Waals surface area contributed by atoms with Crippen molar-refractivity contribution in [2.75, 3.05) is 11.9 Å². The molecule has 0 amide bonds. The largest absolute Gasteiger partial charge is 0.385 e. The number of hydrogen-bond donors (Lipinski definition) is 1. The van der Waals surface area contributed by atoms with Crippen molar-refractivity contribution < 1.29 is 9.18 Å². The van der Waals surface area contributed by atoms with Gasteiger partial charge in [-0.3, -0.25) is 4.79 Å². The van der Waals surface area contributed by atoms with Crippen LogP contribution in [-0.2, 0) is 4.79 Å². The Morgan fingerprint density at radius 2 is 1.78 bits per heavy atom. The Bertz CT molecular complexity index is 595. The van der Waals surface area contributed by atoms with Crippen LogP contribution in [0.25, 0.3) is 0 Å². The lowest BCUT2D eigenvalue weighted by Gasteiger charge is -2.56. The third-order valence-corrected chi connectivity index (χ3v) is 6.52. The first-order valence-corrected chi connectivity index (χ1v) is 9.14. The van der Waals surface area contributed by atoms with E-state index in [-0.39, 0.29) is 10.4 Å². The second-order valence-corrected chi connectivity index (χ2v) is 8.33. The van der Waals surface area contributed by atoms with Gasteiger partial charge in [0, 0.05) is 24.1 Å².